The molecule has 1 heteroatoms. The second kappa shape index (κ2) is 12.1. The van der Waals surface area contributed by atoms with Crippen LogP contribution in [-0.2, 0) is 24.2 Å². The van der Waals surface area contributed by atoms with Gasteiger partial charge in [-0.3, -0.25) is 0 Å². The van der Waals surface area contributed by atoms with E-state index in [1.807, 2.05) is 19.9 Å². The van der Waals surface area contributed by atoms with Gasteiger partial charge in [0.1, 0.15) is 0 Å². The Morgan fingerprint density at radius 3 is 1.89 bits per heavy atom. The van der Waals surface area contributed by atoms with E-state index in [-0.39, 0.29) is 6.10 Å². The largest absolute Gasteiger partial charge is 0.369 e. The summed E-state index contributed by atoms with van der Waals surface area (Å²) in [6.45, 7) is 6.83. The van der Waals surface area contributed by atoms with Crippen molar-refractivity contribution in [3.8, 4) is 0 Å². The van der Waals surface area contributed by atoms with Crippen LogP contribution in [0, 0.1) is 0 Å². The van der Waals surface area contributed by atoms with Crippen LogP contribution in [0.5, 0.6) is 0 Å². The van der Waals surface area contributed by atoms with Gasteiger partial charge >= 0.3 is 0 Å². The Labute approximate surface area is 165 Å². The summed E-state index contributed by atoms with van der Waals surface area (Å²) >= 11 is 0. The Balaban J connectivity index is 0.00000126. The fourth-order valence-corrected chi connectivity index (χ4v) is 3.12. The van der Waals surface area contributed by atoms with Gasteiger partial charge in [0.25, 0.3) is 0 Å². The molecule has 0 aliphatic heterocycles. The fraction of sp³-hybridized carbons (Fsp3) is 0.308. The van der Waals surface area contributed by atoms with Crippen LogP contribution in [0.3, 0.4) is 0 Å². The van der Waals surface area contributed by atoms with Crippen LogP contribution in [0.4, 0.5) is 0 Å². The summed E-state index contributed by atoms with van der Waals surface area (Å²) in [4.78, 5) is 0. The molecule has 0 spiro atoms. The van der Waals surface area contributed by atoms with Crippen molar-refractivity contribution in [1.82, 2.24) is 0 Å². The number of rotatable bonds is 8. The molecular formula is C26H32O. The van der Waals surface area contributed by atoms with Gasteiger partial charge in [-0.05, 0) is 41.5 Å². The first-order valence-electron chi connectivity index (χ1n) is 10.1. The van der Waals surface area contributed by atoms with Gasteiger partial charge in [0.05, 0.1) is 12.7 Å². The van der Waals surface area contributed by atoms with E-state index >= 15 is 0 Å². The molecule has 0 aliphatic rings. The minimum atomic E-state index is 0.161. The van der Waals surface area contributed by atoms with Crippen LogP contribution < -0.4 is 0 Å². The van der Waals surface area contributed by atoms with Crippen LogP contribution in [-0.4, -0.2) is 0 Å². The quantitative estimate of drug-likeness (QED) is 0.414. The van der Waals surface area contributed by atoms with Crippen LogP contribution in [0.15, 0.2) is 84.9 Å². The molecule has 0 unspecified atom stereocenters. The van der Waals surface area contributed by atoms with Crippen LogP contribution in [0.2, 0.25) is 0 Å². The summed E-state index contributed by atoms with van der Waals surface area (Å²) in [5.41, 5.74) is 5.27. The average molecular weight is 361 g/mol. The molecule has 1 atom stereocenters. The van der Waals surface area contributed by atoms with Gasteiger partial charge in [-0.2, -0.15) is 0 Å². The summed E-state index contributed by atoms with van der Waals surface area (Å²) in [6.07, 6.45) is 3.28. The number of ether oxygens (including phenoxy) is 1. The van der Waals surface area contributed by atoms with Crippen molar-refractivity contribution in [2.45, 2.75) is 52.7 Å². The van der Waals surface area contributed by atoms with Crippen molar-refractivity contribution in [2.75, 3.05) is 0 Å². The molecule has 0 aromatic heterocycles. The van der Waals surface area contributed by atoms with E-state index in [9.17, 15) is 0 Å². The third-order valence-electron chi connectivity index (χ3n) is 4.53. The number of benzene rings is 3. The molecule has 0 aliphatic carbocycles. The summed E-state index contributed by atoms with van der Waals surface area (Å²) in [7, 11) is 0. The number of hydrogen-bond acceptors (Lipinski definition) is 1. The molecule has 3 rings (SSSR count). The van der Waals surface area contributed by atoms with Gasteiger partial charge in [-0.1, -0.05) is 106 Å². The highest BCUT2D eigenvalue weighted by molar-refractivity contribution is 5.25. The number of hydrogen-bond donors (Lipinski definition) is 0. The first-order valence-corrected chi connectivity index (χ1v) is 10.1. The Kier molecular flexibility index (Phi) is 9.37. The molecule has 0 amide bonds. The third-order valence-corrected chi connectivity index (χ3v) is 4.53. The maximum absolute atomic E-state index is 6.18. The van der Waals surface area contributed by atoms with E-state index in [2.05, 4.69) is 85.8 Å². The second-order valence-electron chi connectivity index (χ2n) is 6.42. The standard InChI is InChI=1S/C24H26O.C2H6/c1-2-24(23-14-7-4-8-15-23)25-19-22-13-9-12-21(18-22)17-16-20-10-5-3-6-11-20;1-2/h3-15,18,24H,2,16-17,19H2,1H3;1-2H3/t24-;/m0./s1. The highest BCUT2D eigenvalue weighted by Crippen LogP contribution is 2.22. The van der Waals surface area contributed by atoms with E-state index in [1.54, 1.807) is 0 Å². The predicted molar refractivity (Wildman–Crippen MR) is 116 cm³/mol. The van der Waals surface area contributed by atoms with Crippen molar-refractivity contribution >= 4 is 0 Å². The molecule has 3 aromatic carbocycles. The summed E-state index contributed by atoms with van der Waals surface area (Å²) in [6, 6.07) is 29.9. The van der Waals surface area contributed by atoms with Gasteiger partial charge in [0.15, 0.2) is 0 Å². The Morgan fingerprint density at radius 1 is 0.667 bits per heavy atom. The Hall–Kier alpha value is -2.38. The van der Waals surface area contributed by atoms with E-state index in [0.717, 1.165) is 19.3 Å². The number of aryl methyl sites for hydroxylation is 2. The minimum absolute atomic E-state index is 0.161. The van der Waals surface area contributed by atoms with Gasteiger partial charge in [-0.15, -0.1) is 0 Å². The van der Waals surface area contributed by atoms with E-state index in [1.165, 1.54) is 22.3 Å². The SMILES string of the molecule is CC.CC[C@H](OCc1cccc(CCc2ccccc2)c1)c1ccccc1. The molecule has 27 heavy (non-hydrogen) atoms. The lowest BCUT2D eigenvalue weighted by atomic mass is 10.0. The van der Waals surface area contributed by atoms with Gasteiger partial charge in [-0.25, -0.2) is 0 Å². The topological polar surface area (TPSA) is 9.23 Å². The van der Waals surface area contributed by atoms with Gasteiger partial charge < -0.3 is 4.74 Å². The molecule has 142 valence electrons. The van der Waals surface area contributed by atoms with Crippen molar-refractivity contribution in [2.24, 2.45) is 0 Å². The monoisotopic (exact) mass is 360 g/mol. The van der Waals surface area contributed by atoms with Crippen molar-refractivity contribution in [3.05, 3.63) is 107 Å². The first-order chi connectivity index (χ1) is 13.3. The fourth-order valence-electron chi connectivity index (χ4n) is 3.12. The molecule has 0 saturated heterocycles. The molecule has 0 bridgehead atoms. The zero-order valence-corrected chi connectivity index (χ0v) is 16.9. The van der Waals surface area contributed by atoms with Gasteiger partial charge in [0.2, 0.25) is 0 Å². The maximum Gasteiger partial charge on any atom is 0.0826 e. The van der Waals surface area contributed by atoms with Crippen molar-refractivity contribution in [3.63, 3.8) is 0 Å². The summed E-state index contributed by atoms with van der Waals surface area (Å²) in [5, 5.41) is 0. The van der Waals surface area contributed by atoms with Crippen LogP contribution >= 0.6 is 0 Å². The molecule has 0 radical (unpaired) electrons. The Bertz CT molecular complexity index is 749. The van der Waals surface area contributed by atoms with Crippen LogP contribution in [0.1, 0.15) is 55.5 Å². The predicted octanol–water partition coefficient (Wildman–Crippen LogP) is 7.17. The lowest BCUT2D eigenvalue weighted by molar-refractivity contribution is 0.0371. The van der Waals surface area contributed by atoms with Gasteiger partial charge in [0, 0.05) is 0 Å². The molecule has 3 aromatic rings. The lowest BCUT2D eigenvalue weighted by Crippen LogP contribution is -2.03. The third kappa shape index (κ3) is 7.03. The molecule has 0 saturated carbocycles. The molecule has 0 fully saturated rings. The second-order valence-corrected chi connectivity index (χ2v) is 6.42. The lowest BCUT2D eigenvalue weighted by Gasteiger charge is -2.17. The van der Waals surface area contributed by atoms with E-state index in [0.29, 0.717) is 6.61 Å². The minimum Gasteiger partial charge on any atom is -0.369 e. The first kappa shape index (κ1) is 20.9. The van der Waals surface area contributed by atoms with Crippen molar-refractivity contribution in [1.29, 1.82) is 0 Å². The molecule has 0 N–H and O–H groups in total. The maximum atomic E-state index is 6.18. The highest BCUT2D eigenvalue weighted by atomic mass is 16.5. The van der Waals surface area contributed by atoms with E-state index < -0.39 is 0 Å². The highest BCUT2D eigenvalue weighted by Gasteiger charge is 2.09. The molecule has 1 nitrogen and oxygen atoms in total. The van der Waals surface area contributed by atoms with Crippen LogP contribution in [0.25, 0.3) is 0 Å². The zero-order chi connectivity index (χ0) is 19.3. The van der Waals surface area contributed by atoms with Crippen molar-refractivity contribution < 1.29 is 4.74 Å². The normalized spacial score (nSPS) is 11.4. The zero-order valence-electron chi connectivity index (χ0n) is 16.9. The summed E-state index contributed by atoms with van der Waals surface area (Å²) < 4.78 is 6.18. The average Bonchev–Trinajstić information content (AvgIpc) is 2.76. The molecule has 0 heterocycles. The smallest absolute Gasteiger partial charge is 0.0826 e. The summed E-state index contributed by atoms with van der Waals surface area (Å²) in [5.74, 6) is 0. The molecular weight excluding hydrogens is 328 g/mol. The van der Waals surface area contributed by atoms with E-state index in [4.69, 9.17) is 4.74 Å². The Morgan fingerprint density at radius 2 is 1.22 bits per heavy atom.